The number of amides is 1. The maximum absolute atomic E-state index is 12.4. The minimum Gasteiger partial charge on any atom is -0.336 e. The fraction of sp³-hybridized carbons (Fsp3) is 0.500. The van der Waals surface area contributed by atoms with Crippen molar-refractivity contribution in [2.75, 3.05) is 12.4 Å². The van der Waals surface area contributed by atoms with Crippen molar-refractivity contribution in [1.82, 2.24) is 4.90 Å². The number of hydrogen-bond donors (Lipinski definition) is 0. The molecule has 0 fully saturated rings. The number of benzene rings is 1. The van der Waals surface area contributed by atoms with E-state index in [1.165, 1.54) is 6.07 Å². The lowest BCUT2D eigenvalue weighted by atomic mass is 10.1. The zero-order chi connectivity index (χ0) is 15.3. The molecule has 6 heteroatoms. The van der Waals surface area contributed by atoms with E-state index in [4.69, 9.17) is 11.6 Å². The first-order valence-electron chi connectivity index (χ1n) is 6.50. The number of nitro groups is 1. The summed E-state index contributed by atoms with van der Waals surface area (Å²) in [6.45, 7) is 6.02. The van der Waals surface area contributed by atoms with E-state index in [0.29, 0.717) is 30.0 Å². The molecule has 0 N–H and O–H groups in total. The van der Waals surface area contributed by atoms with Crippen LogP contribution in [0.5, 0.6) is 0 Å². The van der Waals surface area contributed by atoms with E-state index in [0.717, 1.165) is 0 Å². The molecule has 0 heterocycles. The van der Waals surface area contributed by atoms with Crippen LogP contribution in [0.4, 0.5) is 5.69 Å². The first kappa shape index (κ1) is 16.4. The summed E-state index contributed by atoms with van der Waals surface area (Å²) < 4.78 is 0. The van der Waals surface area contributed by atoms with Gasteiger partial charge in [0, 0.05) is 35.7 Å². The van der Waals surface area contributed by atoms with Gasteiger partial charge in [0.1, 0.15) is 0 Å². The van der Waals surface area contributed by atoms with Crippen molar-refractivity contribution in [2.24, 2.45) is 0 Å². The van der Waals surface area contributed by atoms with Crippen LogP contribution in [0.3, 0.4) is 0 Å². The quantitative estimate of drug-likeness (QED) is 0.459. The van der Waals surface area contributed by atoms with Crippen LogP contribution in [0.15, 0.2) is 18.2 Å². The van der Waals surface area contributed by atoms with Crippen LogP contribution in [-0.2, 0) is 0 Å². The zero-order valence-electron chi connectivity index (χ0n) is 11.9. The molecule has 20 heavy (non-hydrogen) atoms. The number of carbonyl (C=O) groups is 1. The van der Waals surface area contributed by atoms with Crippen LogP contribution in [0.1, 0.15) is 36.2 Å². The summed E-state index contributed by atoms with van der Waals surface area (Å²) in [6, 6.07) is 4.59. The molecule has 0 radical (unpaired) electrons. The van der Waals surface area contributed by atoms with E-state index in [1.54, 1.807) is 24.0 Å². The van der Waals surface area contributed by atoms with Crippen molar-refractivity contribution in [2.45, 2.75) is 33.2 Å². The van der Waals surface area contributed by atoms with E-state index in [1.807, 2.05) is 13.8 Å². The molecule has 0 aromatic heterocycles. The number of aryl methyl sites for hydroxylation is 1. The highest BCUT2D eigenvalue weighted by atomic mass is 35.5. The maximum atomic E-state index is 12.4. The van der Waals surface area contributed by atoms with Crippen LogP contribution >= 0.6 is 11.6 Å². The number of nitro benzene ring substituents is 1. The van der Waals surface area contributed by atoms with E-state index in [2.05, 4.69) is 0 Å². The molecule has 0 bridgehead atoms. The summed E-state index contributed by atoms with van der Waals surface area (Å²) in [6.07, 6.45) is 0.694. The second kappa shape index (κ2) is 7.24. The van der Waals surface area contributed by atoms with Crippen molar-refractivity contribution >= 4 is 23.2 Å². The van der Waals surface area contributed by atoms with Gasteiger partial charge in [-0.2, -0.15) is 0 Å². The third-order valence-electron chi connectivity index (χ3n) is 3.07. The molecule has 0 spiro atoms. The fourth-order valence-corrected chi connectivity index (χ4v) is 2.05. The largest absolute Gasteiger partial charge is 0.336 e. The zero-order valence-corrected chi connectivity index (χ0v) is 12.7. The predicted octanol–water partition coefficient (Wildman–Crippen LogP) is 3.38. The molecule has 1 amide bonds. The molecule has 0 saturated heterocycles. The van der Waals surface area contributed by atoms with Crippen LogP contribution in [0.2, 0.25) is 0 Å². The van der Waals surface area contributed by atoms with Crippen LogP contribution in [-0.4, -0.2) is 34.2 Å². The second-order valence-electron chi connectivity index (χ2n) is 4.89. The second-order valence-corrected chi connectivity index (χ2v) is 5.27. The van der Waals surface area contributed by atoms with Gasteiger partial charge in [-0.25, -0.2) is 0 Å². The normalized spacial score (nSPS) is 10.7. The van der Waals surface area contributed by atoms with Gasteiger partial charge >= 0.3 is 0 Å². The minimum atomic E-state index is -0.468. The molecule has 0 saturated carbocycles. The highest BCUT2D eigenvalue weighted by Gasteiger charge is 2.21. The fourth-order valence-electron chi connectivity index (χ4n) is 1.93. The molecule has 1 aromatic carbocycles. The van der Waals surface area contributed by atoms with E-state index in [-0.39, 0.29) is 17.6 Å². The molecule has 0 unspecified atom stereocenters. The van der Waals surface area contributed by atoms with Gasteiger partial charge in [-0.3, -0.25) is 14.9 Å². The molecular weight excluding hydrogens is 280 g/mol. The van der Waals surface area contributed by atoms with Crippen molar-refractivity contribution < 1.29 is 9.72 Å². The van der Waals surface area contributed by atoms with Gasteiger partial charge in [0.05, 0.1) is 4.92 Å². The lowest BCUT2D eigenvalue weighted by Gasteiger charge is -2.26. The Labute approximate surface area is 123 Å². The Morgan fingerprint density at radius 1 is 1.45 bits per heavy atom. The first-order valence-corrected chi connectivity index (χ1v) is 7.04. The minimum absolute atomic E-state index is 0.0195. The Morgan fingerprint density at radius 3 is 2.60 bits per heavy atom. The van der Waals surface area contributed by atoms with Crippen molar-refractivity contribution in [3.63, 3.8) is 0 Å². The molecule has 0 aliphatic rings. The summed E-state index contributed by atoms with van der Waals surface area (Å²) in [5.74, 6) is 0.276. The predicted molar refractivity (Wildman–Crippen MR) is 79.3 cm³/mol. The van der Waals surface area contributed by atoms with E-state index < -0.39 is 4.92 Å². The Hall–Kier alpha value is -1.62. The van der Waals surface area contributed by atoms with Gasteiger partial charge in [0.15, 0.2) is 0 Å². The summed E-state index contributed by atoms with van der Waals surface area (Å²) in [4.78, 5) is 24.6. The van der Waals surface area contributed by atoms with Crippen LogP contribution < -0.4 is 0 Å². The smallest absolute Gasteiger partial charge is 0.273 e. The first-order chi connectivity index (χ1) is 9.38. The monoisotopic (exact) mass is 298 g/mol. The number of carbonyl (C=O) groups excluding carboxylic acids is 1. The third-order valence-corrected chi connectivity index (χ3v) is 3.34. The van der Waals surface area contributed by atoms with Crippen molar-refractivity contribution in [3.05, 3.63) is 39.4 Å². The molecule has 110 valence electrons. The average Bonchev–Trinajstić information content (AvgIpc) is 2.38. The highest BCUT2D eigenvalue weighted by molar-refractivity contribution is 6.17. The number of nitrogens with zero attached hydrogens (tertiary/aromatic N) is 2. The Kier molecular flexibility index (Phi) is 5.95. The number of rotatable bonds is 6. The lowest BCUT2D eigenvalue weighted by molar-refractivity contribution is -0.385. The Balaban J connectivity index is 3.05. The molecule has 1 aromatic rings. The number of hydrogen-bond acceptors (Lipinski definition) is 3. The molecular formula is C14H19ClN2O3. The number of alkyl halides is 1. The van der Waals surface area contributed by atoms with Gasteiger partial charge in [-0.05, 0) is 33.3 Å². The van der Waals surface area contributed by atoms with Crippen LogP contribution in [0, 0.1) is 17.0 Å². The third kappa shape index (κ3) is 3.93. The van der Waals surface area contributed by atoms with Crippen LogP contribution in [0.25, 0.3) is 0 Å². The average molecular weight is 299 g/mol. The van der Waals surface area contributed by atoms with Gasteiger partial charge in [-0.15, -0.1) is 11.6 Å². The van der Waals surface area contributed by atoms with E-state index >= 15 is 0 Å². The van der Waals surface area contributed by atoms with Crippen molar-refractivity contribution in [1.29, 1.82) is 0 Å². The summed E-state index contributed by atoms with van der Waals surface area (Å²) >= 11 is 5.66. The van der Waals surface area contributed by atoms with Gasteiger partial charge in [0.2, 0.25) is 0 Å². The molecule has 5 nitrogen and oxygen atoms in total. The molecule has 1 rings (SSSR count). The maximum Gasteiger partial charge on any atom is 0.273 e. The lowest BCUT2D eigenvalue weighted by Crippen LogP contribution is -2.37. The summed E-state index contributed by atoms with van der Waals surface area (Å²) in [7, 11) is 0. The summed E-state index contributed by atoms with van der Waals surface area (Å²) in [5.41, 5.74) is 0.853. The standard InChI is InChI=1S/C14H19ClN2O3/c1-10(2)16(8-4-7-15)14(18)12-6-5-11(3)13(9-12)17(19)20/h5-6,9-10H,4,7-8H2,1-3H3. The SMILES string of the molecule is Cc1ccc(C(=O)N(CCCCl)C(C)C)cc1[N+](=O)[O-]. The summed E-state index contributed by atoms with van der Waals surface area (Å²) in [5, 5.41) is 10.9. The molecule has 0 aliphatic heterocycles. The van der Waals surface area contributed by atoms with Gasteiger partial charge < -0.3 is 4.90 Å². The molecule has 0 aliphatic carbocycles. The topological polar surface area (TPSA) is 63.5 Å². The van der Waals surface area contributed by atoms with Gasteiger partial charge in [-0.1, -0.05) is 6.07 Å². The van der Waals surface area contributed by atoms with Crippen molar-refractivity contribution in [3.8, 4) is 0 Å². The Bertz CT molecular complexity index is 503. The Morgan fingerprint density at radius 2 is 2.10 bits per heavy atom. The molecule has 0 atom stereocenters. The number of halogens is 1. The highest BCUT2D eigenvalue weighted by Crippen LogP contribution is 2.21. The van der Waals surface area contributed by atoms with E-state index in [9.17, 15) is 14.9 Å². The van der Waals surface area contributed by atoms with Gasteiger partial charge in [0.25, 0.3) is 11.6 Å².